The second kappa shape index (κ2) is 12.7. The van der Waals surface area contributed by atoms with E-state index in [-0.39, 0.29) is 0 Å². The van der Waals surface area contributed by atoms with Gasteiger partial charge in [0.25, 0.3) is 0 Å². The van der Waals surface area contributed by atoms with Gasteiger partial charge in [0.05, 0.1) is 11.0 Å². The molecule has 0 amide bonds. The number of aromatic nitrogens is 4. The van der Waals surface area contributed by atoms with E-state index in [9.17, 15) is 0 Å². The van der Waals surface area contributed by atoms with E-state index in [1.54, 1.807) is 0 Å². The molecule has 0 fully saturated rings. The third kappa shape index (κ3) is 5.17. The molecule has 1 aliphatic rings. The van der Waals surface area contributed by atoms with Gasteiger partial charge in [0.2, 0.25) is 0 Å². The van der Waals surface area contributed by atoms with Gasteiger partial charge >= 0.3 is 0 Å². The lowest BCUT2D eigenvalue weighted by Gasteiger charge is -2.12. The van der Waals surface area contributed by atoms with Crippen LogP contribution in [0.2, 0.25) is 0 Å². The van der Waals surface area contributed by atoms with Crippen molar-refractivity contribution in [1.29, 1.82) is 0 Å². The summed E-state index contributed by atoms with van der Waals surface area (Å²) in [6.45, 7) is 0. The minimum atomic E-state index is 0.664. The van der Waals surface area contributed by atoms with Gasteiger partial charge in [-0.2, -0.15) is 0 Å². The van der Waals surface area contributed by atoms with E-state index in [1.807, 2.05) is 47.7 Å². The zero-order valence-corrected chi connectivity index (χ0v) is 31.5. The van der Waals surface area contributed by atoms with Crippen LogP contribution in [0, 0.1) is 0 Å². The molecular formula is C52H32N4S. The van der Waals surface area contributed by atoms with Gasteiger partial charge in [0.15, 0.2) is 17.5 Å². The highest BCUT2D eigenvalue weighted by Crippen LogP contribution is 2.44. The van der Waals surface area contributed by atoms with Crippen LogP contribution in [0.3, 0.4) is 0 Å². The Bertz CT molecular complexity index is 3320. The average Bonchev–Trinajstić information content (AvgIpc) is 3.95. The number of thiophene rings is 1. The Morgan fingerprint density at radius 3 is 1.75 bits per heavy atom. The molecule has 0 atom stereocenters. The Morgan fingerprint density at radius 1 is 0.386 bits per heavy atom. The van der Waals surface area contributed by atoms with Crippen LogP contribution < -0.4 is 0 Å². The van der Waals surface area contributed by atoms with Crippen LogP contribution >= 0.6 is 11.3 Å². The molecule has 5 heteroatoms. The van der Waals surface area contributed by atoms with Crippen LogP contribution in [-0.2, 0) is 6.42 Å². The fourth-order valence-electron chi connectivity index (χ4n) is 8.76. The van der Waals surface area contributed by atoms with Crippen LogP contribution in [0.4, 0.5) is 0 Å². The first-order valence-electron chi connectivity index (χ1n) is 19.3. The zero-order valence-electron chi connectivity index (χ0n) is 30.7. The van der Waals surface area contributed by atoms with Gasteiger partial charge in [-0.3, -0.25) is 0 Å². The zero-order chi connectivity index (χ0) is 37.5. The number of nitrogens with zero attached hydrogens (tertiary/aromatic N) is 4. The molecule has 57 heavy (non-hydrogen) atoms. The Kier molecular flexibility index (Phi) is 7.13. The van der Waals surface area contributed by atoms with E-state index in [0.29, 0.717) is 17.5 Å². The van der Waals surface area contributed by atoms with E-state index in [4.69, 9.17) is 15.0 Å². The third-order valence-corrected chi connectivity index (χ3v) is 12.7. The van der Waals surface area contributed by atoms with Crippen LogP contribution in [0.15, 0.2) is 182 Å². The van der Waals surface area contributed by atoms with Gasteiger partial charge in [0.1, 0.15) is 0 Å². The second-order valence-corrected chi connectivity index (χ2v) is 15.8. The Morgan fingerprint density at radius 2 is 0.982 bits per heavy atom. The molecular weight excluding hydrogens is 713 g/mol. The van der Waals surface area contributed by atoms with Gasteiger partial charge in [-0.25, -0.2) is 15.0 Å². The highest BCUT2D eigenvalue weighted by atomic mass is 32.1. The van der Waals surface area contributed by atoms with Crippen molar-refractivity contribution in [2.45, 2.75) is 6.42 Å². The molecule has 266 valence electrons. The maximum absolute atomic E-state index is 5.04. The average molecular weight is 745 g/mol. The number of benzene rings is 8. The van der Waals surface area contributed by atoms with Gasteiger partial charge in [-0.15, -0.1) is 11.3 Å². The maximum atomic E-state index is 5.04. The van der Waals surface area contributed by atoms with E-state index in [1.165, 1.54) is 75.4 Å². The van der Waals surface area contributed by atoms with Crippen molar-refractivity contribution < 1.29 is 0 Å². The first-order chi connectivity index (χ1) is 28.2. The summed E-state index contributed by atoms with van der Waals surface area (Å²) in [6, 6.07) is 65.2. The van der Waals surface area contributed by atoms with Crippen molar-refractivity contribution in [3.05, 3.63) is 193 Å². The van der Waals surface area contributed by atoms with Gasteiger partial charge in [-0.05, 0) is 82.3 Å². The maximum Gasteiger partial charge on any atom is 0.164 e. The predicted octanol–water partition coefficient (Wildman–Crippen LogP) is 13.6. The molecule has 1 aliphatic carbocycles. The number of hydrogen-bond donors (Lipinski definition) is 0. The van der Waals surface area contributed by atoms with Gasteiger partial charge in [0, 0.05) is 53.3 Å². The normalized spacial score (nSPS) is 12.1. The standard InChI is InChI=1S/C52H32N4S/c1-3-12-32(13-4-1)50-53-51(33-14-5-2-6-15-33)55-52(54-50)37-23-22-34-28-35-24-26-38(31-44(35)43(34)30-37)56-46-20-9-7-16-40(46)45-29-36(25-27-47(45)56)39-18-11-19-42-41-17-8-10-21-48(41)57-49(39)42/h1-27,29-31H,28H2. The van der Waals surface area contributed by atoms with Gasteiger partial charge in [-0.1, -0.05) is 140 Å². The van der Waals surface area contributed by atoms with E-state index in [2.05, 4.69) is 150 Å². The highest BCUT2D eigenvalue weighted by molar-refractivity contribution is 7.26. The molecule has 0 spiro atoms. The lowest BCUT2D eigenvalue weighted by molar-refractivity contribution is 1.07. The minimum Gasteiger partial charge on any atom is -0.309 e. The number of hydrogen-bond acceptors (Lipinski definition) is 4. The van der Waals surface area contributed by atoms with Crippen LogP contribution in [0.25, 0.3) is 104 Å². The van der Waals surface area contributed by atoms with Crippen molar-refractivity contribution in [3.63, 3.8) is 0 Å². The highest BCUT2D eigenvalue weighted by Gasteiger charge is 2.23. The third-order valence-electron chi connectivity index (χ3n) is 11.5. The monoisotopic (exact) mass is 744 g/mol. The summed E-state index contributed by atoms with van der Waals surface area (Å²) in [5, 5.41) is 5.15. The number of rotatable bonds is 5. The molecule has 0 unspecified atom stereocenters. The van der Waals surface area contributed by atoms with E-state index < -0.39 is 0 Å². The fraction of sp³-hybridized carbons (Fsp3) is 0.0192. The topological polar surface area (TPSA) is 43.6 Å². The van der Waals surface area contributed by atoms with Crippen molar-refractivity contribution >= 4 is 53.3 Å². The smallest absolute Gasteiger partial charge is 0.164 e. The molecule has 8 aromatic carbocycles. The molecule has 12 rings (SSSR count). The summed E-state index contributed by atoms with van der Waals surface area (Å²) >= 11 is 1.88. The van der Waals surface area contributed by atoms with Crippen LogP contribution in [0.1, 0.15) is 11.1 Å². The van der Waals surface area contributed by atoms with Crippen molar-refractivity contribution in [2.24, 2.45) is 0 Å². The molecule has 0 bridgehead atoms. The molecule has 0 saturated heterocycles. The minimum absolute atomic E-state index is 0.664. The van der Waals surface area contributed by atoms with Crippen molar-refractivity contribution in [1.82, 2.24) is 19.5 Å². The molecule has 0 saturated carbocycles. The summed E-state index contributed by atoms with van der Waals surface area (Å²) in [7, 11) is 0. The SMILES string of the molecule is c1ccc(-c2nc(-c3ccccc3)nc(-c3ccc4c(c3)-c3cc(-n5c6ccccc6c6cc(-c7cccc8c7sc7ccccc78)ccc65)ccc3C4)n2)cc1. The summed E-state index contributed by atoms with van der Waals surface area (Å²) in [4.78, 5) is 15.0. The largest absolute Gasteiger partial charge is 0.309 e. The molecule has 11 aromatic rings. The predicted molar refractivity (Wildman–Crippen MR) is 237 cm³/mol. The number of fused-ring (bicyclic) bond motifs is 9. The molecule has 0 N–H and O–H groups in total. The second-order valence-electron chi connectivity index (χ2n) is 14.8. The fourth-order valence-corrected chi connectivity index (χ4v) is 10.0. The van der Waals surface area contributed by atoms with E-state index in [0.717, 1.165) is 28.8 Å². The van der Waals surface area contributed by atoms with Crippen LogP contribution in [0.5, 0.6) is 0 Å². The van der Waals surface area contributed by atoms with Crippen LogP contribution in [-0.4, -0.2) is 19.5 Å². The summed E-state index contributed by atoms with van der Waals surface area (Å²) in [6.07, 6.45) is 0.896. The summed E-state index contributed by atoms with van der Waals surface area (Å²) in [5.41, 5.74) is 14.1. The first kappa shape index (κ1) is 32.1. The molecule has 3 aromatic heterocycles. The van der Waals surface area contributed by atoms with Gasteiger partial charge < -0.3 is 4.57 Å². The first-order valence-corrected chi connectivity index (χ1v) is 20.1. The van der Waals surface area contributed by atoms with Crippen molar-refractivity contribution in [3.8, 4) is 62.1 Å². The van der Waals surface area contributed by atoms with E-state index >= 15 is 0 Å². The molecule has 3 heterocycles. The summed E-state index contributed by atoms with van der Waals surface area (Å²) in [5.74, 6) is 2.00. The Balaban J connectivity index is 0.984. The summed E-state index contributed by atoms with van der Waals surface area (Å²) < 4.78 is 5.09. The van der Waals surface area contributed by atoms with Crippen molar-refractivity contribution in [2.75, 3.05) is 0 Å². The Hall–Kier alpha value is -7.21. The Labute approximate surface area is 333 Å². The molecule has 0 radical (unpaired) electrons. The molecule has 4 nitrogen and oxygen atoms in total. The molecule has 0 aliphatic heterocycles. The number of para-hydroxylation sites is 1. The quantitative estimate of drug-likeness (QED) is 0.176. The lowest BCUT2D eigenvalue weighted by atomic mass is 10.0. The lowest BCUT2D eigenvalue weighted by Crippen LogP contribution is -2.00.